The Bertz CT molecular complexity index is 517. The fourth-order valence-corrected chi connectivity index (χ4v) is 1.71. The van der Waals surface area contributed by atoms with E-state index in [1.165, 1.54) is 24.3 Å². The molecule has 1 rings (SSSR count). The summed E-state index contributed by atoms with van der Waals surface area (Å²) in [6.07, 6.45) is 0.106. The van der Waals surface area contributed by atoms with Crippen LogP contribution in [0.1, 0.15) is 37.0 Å². The highest BCUT2D eigenvalue weighted by molar-refractivity contribution is 5.97. The van der Waals surface area contributed by atoms with Gasteiger partial charge in [-0.05, 0) is 32.4 Å². The lowest BCUT2D eigenvalue weighted by Gasteiger charge is -2.26. The van der Waals surface area contributed by atoms with Crippen LogP contribution in [0.5, 0.6) is 5.75 Å². The summed E-state index contributed by atoms with van der Waals surface area (Å²) in [5.41, 5.74) is -0.811. The average molecular weight is 301 g/mol. The fraction of sp³-hybridized carbons (Fsp3) is 0.429. The van der Waals surface area contributed by atoms with Crippen LogP contribution in [-0.2, 0) is 4.79 Å². The van der Waals surface area contributed by atoms with Gasteiger partial charge in [-0.15, -0.1) is 0 Å². The third kappa shape index (κ3) is 5.76. The number of hydrogen-bond acceptors (Lipinski definition) is 3. The van der Waals surface area contributed by atoms with Gasteiger partial charge in [0, 0.05) is 12.0 Å². The number of hydrogen-bond donors (Lipinski definition) is 2. The first-order chi connectivity index (χ1) is 9.71. The predicted octanol–water partition coefficient (Wildman–Crippen LogP) is 2.66. The smallest absolute Gasteiger partial charge is 0.387 e. The van der Waals surface area contributed by atoms with Crippen molar-refractivity contribution in [2.45, 2.75) is 38.8 Å². The van der Waals surface area contributed by atoms with E-state index in [1.807, 2.05) is 0 Å². The monoisotopic (exact) mass is 301 g/mol. The van der Waals surface area contributed by atoms with Gasteiger partial charge in [-0.2, -0.15) is 8.78 Å². The van der Waals surface area contributed by atoms with Crippen molar-refractivity contribution >= 4 is 11.9 Å². The van der Waals surface area contributed by atoms with Gasteiger partial charge >= 0.3 is 12.6 Å². The molecule has 0 spiro atoms. The molecule has 0 atom stereocenters. The molecule has 0 aromatic heterocycles. The molecule has 0 aliphatic heterocycles. The van der Waals surface area contributed by atoms with E-state index in [-0.39, 0.29) is 24.2 Å². The van der Waals surface area contributed by atoms with E-state index < -0.39 is 24.0 Å². The van der Waals surface area contributed by atoms with E-state index in [9.17, 15) is 18.4 Å². The zero-order valence-electron chi connectivity index (χ0n) is 11.7. The molecule has 0 saturated carbocycles. The number of alkyl halides is 2. The van der Waals surface area contributed by atoms with Gasteiger partial charge < -0.3 is 15.2 Å². The molecular formula is C14H17F2NO4. The number of carbonyl (C=O) groups is 2. The molecule has 0 heterocycles. The Labute approximate surface area is 120 Å². The Kier molecular flexibility index (Phi) is 5.63. The van der Waals surface area contributed by atoms with Crippen LogP contribution in [0.15, 0.2) is 24.3 Å². The molecule has 0 fully saturated rings. The Morgan fingerprint density at radius 3 is 2.52 bits per heavy atom. The maximum absolute atomic E-state index is 12.3. The van der Waals surface area contributed by atoms with Crippen molar-refractivity contribution in [2.24, 2.45) is 0 Å². The lowest BCUT2D eigenvalue weighted by molar-refractivity contribution is -0.137. The number of carboxylic acid groups (broad SMARTS) is 1. The van der Waals surface area contributed by atoms with E-state index in [0.29, 0.717) is 0 Å². The molecule has 1 aromatic rings. The number of ether oxygens (including phenoxy) is 1. The normalized spacial score (nSPS) is 11.3. The fourth-order valence-electron chi connectivity index (χ4n) is 1.71. The van der Waals surface area contributed by atoms with Crippen LogP contribution >= 0.6 is 0 Å². The molecule has 0 saturated heterocycles. The Hall–Kier alpha value is -2.18. The number of rotatable bonds is 7. The second kappa shape index (κ2) is 7.01. The lowest BCUT2D eigenvalue weighted by Crippen LogP contribution is -2.43. The standard InChI is InChI=1S/C14H17F2NO4/c1-14(2,8-7-11(18)19)17-12(20)9-5-3-4-6-10(9)21-13(15)16/h3-6,13H,7-8H2,1-2H3,(H,17,20)(H,18,19). The summed E-state index contributed by atoms with van der Waals surface area (Å²) in [7, 11) is 0. The van der Waals surface area contributed by atoms with Crippen molar-refractivity contribution in [1.29, 1.82) is 0 Å². The SMILES string of the molecule is CC(C)(CCC(=O)O)NC(=O)c1ccccc1OC(F)F. The van der Waals surface area contributed by atoms with Gasteiger partial charge in [0.1, 0.15) is 5.75 Å². The maximum Gasteiger partial charge on any atom is 0.387 e. The zero-order chi connectivity index (χ0) is 16.0. The van der Waals surface area contributed by atoms with Crippen molar-refractivity contribution in [2.75, 3.05) is 0 Å². The first kappa shape index (κ1) is 16.9. The van der Waals surface area contributed by atoms with E-state index in [4.69, 9.17) is 5.11 Å². The molecule has 0 bridgehead atoms. The van der Waals surface area contributed by atoms with Crippen molar-refractivity contribution < 1.29 is 28.2 Å². The van der Waals surface area contributed by atoms with Gasteiger partial charge in [0.25, 0.3) is 5.91 Å². The average Bonchev–Trinajstić information content (AvgIpc) is 2.36. The van der Waals surface area contributed by atoms with E-state index in [0.717, 1.165) is 0 Å². The van der Waals surface area contributed by atoms with Crippen LogP contribution in [0.3, 0.4) is 0 Å². The molecular weight excluding hydrogens is 284 g/mol. The number of amides is 1. The summed E-state index contributed by atoms with van der Waals surface area (Å²) < 4.78 is 28.9. The molecule has 0 radical (unpaired) electrons. The minimum atomic E-state index is -3.03. The number of halogens is 2. The largest absolute Gasteiger partial charge is 0.481 e. The Morgan fingerprint density at radius 1 is 1.33 bits per heavy atom. The van der Waals surface area contributed by atoms with Gasteiger partial charge in [0.2, 0.25) is 0 Å². The van der Waals surface area contributed by atoms with E-state index in [1.54, 1.807) is 13.8 Å². The second-order valence-electron chi connectivity index (χ2n) is 5.11. The third-order valence-electron chi connectivity index (χ3n) is 2.76. The highest BCUT2D eigenvalue weighted by atomic mass is 19.3. The number of carboxylic acids is 1. The van der Waals surface area contributed by atoms with Crippen LogP contribution < -0.4 is 10.1 Å². The molecule has 0 aliphatic rings. The lowest BCUT2D eigenvalue weighted by atomic mass is 9.97. The quantitative estimate of drug-likeness (QED) is 0.812. The summed E-state index contributed by atoms with van der Waals surface area (Å²) in [5.74, 6) is -1.79. The summed E-state index contributed by atoms with van der Waals surface area (Å²) in [6.45, 7) is 0.286. The van der Waals surface area contributed by atoms with Gasteiger partial charge in [-0.25, -0.2) is 0 Å². The molecule has 2 N–H and O–H groups in total. The highest BCUT2D eigenvalue weighted by Crippen LogP contribution is 2.21. The first-order valence-corrected chi connectivity index (χ1v) is 6.29. The van der Waals surface area contributed by atoms with Crippen molar-refractivity contribution in [1.82, 2.24) is 5.32 Å². The molecule has 7 heteroatoms. The number of para-hydroxylation sites is 1. The molecule has 21 heavy (non-hydrogen) atoms. The van der Waals surface area contributed by atoms with Crippen LogP contribution in [0.25, 0.3) is 0 Å². The van der Waals surface area contributed by atoms with Crippen LogP contribution in [-0.4, -0.2) is 29.1 Å². The van der Waals surface area contributed by atoms with Gasteiger partial charge in [0.05, 0.1) is 5.56 Å². The van der Waals surface area contributed by atoms with Crippen LogP contribution in [0.2, 0.25) is 0 Å². The van der Waals surface area contributed by atoms with Crippen molar-refractivity contribution in [3.8, 4) is 5.75 Å². The number of carbonyl (C=O) groups excluding carboxylic acids is 1. The van der Waals surface area contributed by atoms with E-state index in [2.05, 4.69) is 10.1 Å². The molecule has 5 nitrogen and oxygen atoms in total. The molecule has 1 amide bonds. The van der Waals surface area contributed by atoms with Crippen molar-refractivity contribution in [3.63, 3.8) is 0 Å². The van der Waals surface area contributed by atoms with Crippen molar-refractivity contribution in [3.05, 3.63) is 29.8 Å². The zero-order valence-corrected chi connectivity index (χ0v) is 11.7. The topological polar surface area (TPSA) is 75.6 Å². The predicted molar refractivity (Wildman–Crippen MR) is 71.5 cm³/mol. The highest BCUT2D eigenvalue weighted by Gasteiger charge is 2.24. The maximum atomic E-state index is 12.3. The Balaban J connectivity index is 2.81. The summed E-state index contributed by atoms with van der Waals surface area (Å²) in [6, 6.07) is 5.63. The van der Waals surface area contributed by atoms with Crippen LogP contribution in [0.4, 0.5) is 8.78 Å². The summed E-state index contributed by atoms with van der Waals surface area (Å²) in [4.78, 5) is 22.7. The molecule has 116 valence electrons. The molecule has 0 aliphatic carbocycles. The second-order valence-corrected chi connectivity index (χ2v) is 5.11. The van der Waals surface area contributed by atoms with Gasteiger partial charge in [-0.3, -0.25) is 9.59 Å². The molecule has 0 unspecified atom stereocenters. The van der Waals surface area contributed by atoms with Gasteiger partial charge in [0.15, 0.2) is 0 Å². The number of aliphatic carboxylic acids is 1. The first-order valence-electron chi connectivity index (χ1n) is 6.29. The minimum absolute atomic E-state index is 0.0267. The van der Waals surface area contributed by atoms with Crippen LogP contribution in [0, 0.1) is 0 Å². The number of benzene rings is 1. The number of nitrogens with one attached hydrogen (secondary N) is 1. The summed E-state index contributed by atoms with van der Waals surface area (Å²) in [5, 5.41) is 11.3. The summed E-state index contributed by atoms with van der Waals surface area (Å²) >= 11 is 0. The minimum Gasteiger partial charge on any atom is -0.481 e. The van der Waals surface area contributed by atoms with E-state index >= 15 is 0 Å². The molecule has 1 aromatic carbocycles. The third-order valence-corrected chi connectivity index (χ3v) is 2.76. The Morgan fingerprint density at radius 2 is 1.95 bits per heavy atom. The van der Waals surface area contributed by atoms with Gasteiger partial charge in [-0.1, -0.05) is 12.1 Å².